The van der Waals surface area contributed by atoms with Crippen molar-refractivity contribution in [2.75, 3.05) is 38.7 Å². The molecule has 0 radical (unpaired) electrons. The number of nitrogens with one attached hydrogen (secondary N) is 1. The Morgan fingerprint density at radius 3 is 3.19 bits per heavy atom. The number of hydrogen-bond donors (Lipinski definition) is 1. The van der Waals surface area contributed by atoms with Crippen LogP contribution >= 0.6 is 11.3 Å². The van der Waals surface area contributed by atoms with Gasteiger partial charge in [-0.2, -0.15) is 5.26 Å². The SMILES string of the molecule is COC(=O)C1CN(CC(=O)Nc2sccc2C#N)CCO1. The van der Waals surface area contributed by atoms with E-state index in [4.69, 9.17) is 10.00 Å². The fourth-order valence-electron chi connectivity index (χ4n) is 1.98. The summed E-state index contributed by atoms with van der Waals surface area (Å²) in [6.07, 6.45) is -0.659. The number of carbonyl (C=O) groups is 2. The Morgan fingerprint density at radius 1 is 1.67 bits per heavy atom. The van der Waals surface area contributed by atoms with Crippen molar-refractivity contribution in [2.24, 2.45) is 0 Å². The number of ether oxygens (including phenoxy) is 2. The van der Waals surface area contributed by atoms with Gasteiger partial charge in [0.15, 0.2) is 6.10 Å². The topological polar surface area (TPSA) is 91.7 Å². The molecule has 112 valence electrons. The predicted octanol–water partition coefficient (Wildman–Crippen LogP) is 0.432. The van der Waals surface area contributed by atoms with Crippen LogP contribution < -0.4 is 5.32 Å². The van der Waals surface area contributed by atoms with Crippen molar-refractivity contribution in [2.45, 2.75) is 6.10 Å². The average Bonchev–Trinajstić information content (AvgIpc) is 2.93. The molecule has 1 aliphatic rings. The lowest BCUT2D eigenvalue weighted by molar-refractivity contribution is -0.160. The molecule has 21 heavy (non-hydrogen) atoms. The Balaban J connectivity index is 1.88. The minimum Gasteiger partial charge on any atom is -0.467 e. The number of nitrogens with zero attached hydrogens (tertiary/aromatic N) is 2. The molecule has 1 unspecified atom stereocenters. The van der Waals surface area contributed by atoms with Crippen molar-refractivity contribution in [3.05, 3.63) is 17.0 Å². The van der Waals surface area contributed by atoms with Gasteiger partial charge < -0.3 is 14.8 Å². The van der Waals surface area contributed by atoms with E-state index in [2.05, 4.69) is 10.1 Å². The Morgan fingerprint density at radius 2 is 2.48 bits per heavy atom. The highest BCUT2D eigenvalue weighted by atomic mass is 32.1. The van der Waals surface area contributed by atoms with Gasteiger partial charge in [0.1, 0.15) is 11.1 Å². The van der Waals surface area contributed by atoms with Crippen LogP contribution in [-0.2, 0) is 19.1 Å². The number of nitriles is 1. The van der Waals surface area contributed by atoms with Crippen LogP contribution in [0.2, 0.25) is 0 Å². The lowest BCUT2D eigenvalue weighted by Gasteiger charge is -2.30. The van der Waals surface area contributed by atoms with E-state index in [0.717, 1.165) is 0 Å². The molecule has 2 heterocycles. The smallest absolute Gasteiger partial charge is 0.336 e. The minimum absolute atomic E-state index is 0.139. The van der Waals surface area contributed by atoms with Crippen LogP contribution in [0.3, 0.4) is 0 Å². The maximum Gasteiger partial charge on any atom is 0.336 e. The molecular weight excluding hydrogens is 294 g/mol. The van der Waals surface area contributed by atoms with E-state index in [0.29, 0.717) is 30.3 Å². The van der Waals surface area contributed by atoms with E-state index in [1.165, 1.54) is 18.4 Å². The summed E-state index contributed by atoms with van der Waals surface area (Å²) in [7, 11) is 1.30. The summed E-state index contributed by atoms with van der Waals surface area (Å²) in [6, 6.07) is 3.67. The highest BCUT2D eigenvalue weighted by molar-refractivity contribution is 7.14. The van der Waals surface area contributed by atoms with Crippen molar-refractivity contribution < 1.29 is 19.1 Å². The number of morpholine rings is 1. The van der Waals surface area contributed by atoms with Gasteiger partial charge in [-0.15, -0.1) is 11.3 Å². The highest BCUT2D eigenvalue weighted by Gasteiger charge is 2.28. The van der Waals surface area contributed by atoms with E-state index in [9.17, 15) is 9.59 Å². The molecule has 0 aliphatic carbocycles. The van der Waals surface area contributed by atoms with E-state index < -0.39 is 12.1 Å². The van der Waals surface area contributed by atoms with E-state index in [1.807, 2.05) is 11.0 Å². The zero-order valence-electron chi connectivity index (χ0n) is 11.5. The van der Waals surface area contributed by atoms with Crippen molar-refractivity contribution in [1.82, 2.24) is 4.90 Å². The average molecular weight is 309 g/mol. The van der Waals surface area contributed by atoms with Crippen molar-refractivity contribution in [1.29, 1.82) is 5.26 Å². The molecule has 0 aromatic carbocycles. The molecular formula is C13H15N3O4S. The van der Waals surface area contributed by atoms with Gasteiger partial charge in [0.25, 0.3) is 0 Å². The quantitative estimate of drug-likeness (QED) is 0.811. The normalized spacial score (nSPS) is 18.8. The number of carbonyl (C=O) groups excluding carboxylic acids is 2. The molecule has 1 fully saturated rings. The third kappa shape index (κ3) is 4.01. The standard InChI is InChI=1S/C13H15N3O4S/c1-19-13(18)10-7-16(3-4-20-10)8-11(17)15-12-9(6-14)2-5-21-12/h2,5,10H,3-4,7-8H2,1H3,(H,15,17). The van der Waals surface area contributed by atoms with E-state index in [-0.39, 0.29) is 12.5 Å². The fourth-order valence-corrected chi connectivity index (χ4v) is 2.74. The van der Waals surface area contributed by atoms with Crippen LogP contribution in [0.1, 0.15) is 5.56 Å². The van der Waals surface area contributed by atoms with Gasteiger partial charge >= 0.3 is 5.97 Å². The molecule has 0 saturated carbocycles. The summed E-state index contributed by atoms with van der Waals surface area (Å²) in [5, 5.41) is 13.9. The minimum atomic E-state index is -0.659. The zero-order chi connectivity index (χ0) is 15.2. The first-order valence-electron chi connectivity index (χ1n) is 6.33. The Kier molecular flexibility index (Phi) is 5.27. The van der Waals surface area contributed by atoms with Crippen molar-refractivity contribution >= 4 is 28.2 Å². The van der Waals surface area contributed by atoms with Crippen molar-refractivity contribution in [3.8, 4) is 6.07 Å². The van der Waals surface area contributed by atoms with Gasteiger partial charge in [-0.3, -0.25) is 9.69 Å². The Bertz CT molecular complexity index is 566. The largest absolute Gasteiger partial charge is 0.467 e. The third-order valence-corrected chi connectivity index (χ3v) is 3.85. The lowest BCUT2D eigenvalue weighted by Crippen LogP contribution is -2.48. The Labute approximate surface area is 126 Å². The number of rotatable bonds is 4. The fraction of sp³-hybridized carbons (Fsp3) is 0.462. The molecule has 1 aliphatic heterocycles. The van der Waals surface area contributed by atoms with Gasteiger partial charge in [0.05, 0.1) is 25.8 Å². The molecule has 1 atom stereocenters. The summed E-state index contributed by atoms with van der Waals surface area (Å²) in [4.78, 5) is 25.2. The number of methoxy groups -OCH3 is 1. The molecule has 0 bridgehead atoms. The molecule has 8 heteroatoms. The maximum atomic E-state index is 12.0. The third-order valence-electron chi connectivity index (χ3n) is 3.02. The van der Waals surface area contributed by atoms with Gasteiger partial charge in [0, 0.05) is 13.1 Å². The molecule has 2 rings (SSSR count). The van der Waals surface area contributed by atoms with Crippen LogP contribution in [-0.4, -0.2) is 56.2 Å². The van der Waals surface area contributed by atoms with Crippen LogP contribution in [0.4, 0.5) is 5.00 Å². The molecule has 1 aromatic heterocycles. The number of esters is 1. The molecule has 7 nitrogen and oxygen atoms in total. The number of thiophene rings is 1. The predicted molar refractivity (Wildman–Crippen MR) is 75.9 cm³/mol. The van der Waals surface area contributed by atoms with Crippen LogP contribution in [0, 0.1) is 11.3 Å². The first-order chi connectivity index (χ1) is 10.1. The number of hydrogen-bond acceptors (Lipinski definition) is 7. The summed E-state index contributed by atoms with van der Waals surface area (Å²) in [5.74, 6) is -0.662. The summed E-state index contributed by atoms with van der Waals surface area (Å²) in [5.41, 5.74) is 0.447. The second kappa shape index (κ2) is 7.17. The van der Waals surface area contributed by atoms with E-state index >= 15 is 0 Å². The monoisotopic (exact) mass is 309 g/mol. The first kappa shape index (κ1) is 15.4. The number of anilines is 1. The first-order valence-corrected chi connectivity index (χ1v) is 7.21. The second-order valence-corrected chi connectivity index (χ2v) is 5.36. The summed E-state index contributed by atoms with van der Waals surface area (Å²) >= 11 is 1.30. The second-order valence-electron chi connectivity index (χ2n) is 4.44. The molecule has 1 aromatic rings. The van der Waals surface area contributed by atoms with Gasteiger partial charge in [-0.1, -0.05) is 0 Å². The van der Waals surface area contributed by atoms with Crippen LogP contribution in [0.15, 0.2) is 11.4 Å². The number of amides is 1. The lowest BCUT2D eigenvalue weighted by atomic mass is 10.2. The molecule has 0 spiro atoms. The van der Waals surface area contributed by atoms with E-state index in [1.54, 1.807) is 11.4 Å². The van der Waals surface area contributed by atoms with Crippen LogP contribution in [0.25, 0.3) is 0 Å². The highest BCUT2D eigenvalue weighted by Crippen LogP contribution is 2.22. The van der Waals surface area contributed by atoms with Gasteiger partial charge in [-0.05, 0) is 11.4 Å². The maximum absolute atomic E-state index is 12.0. The molecule has 1 amide bonds. The Hall–Kier alpha value is -1.95. The summed E-state index contributed by atoms with van der Waals surface area (Å²) < 4.78 is 9.93. The molecule has 1 saturated heterocycles. The summed E-state index contributed by atoms with van der Waals surface area (Å²) in [6.45, 7) is 1.39. The van der Waals surface area contributed by atoms with Crippen molar-refractivity contribution in [3.63, 3.8) is 0 Å². The zero-order valence-corrected chi connectivity index (χ0v) is 12.3. The molecule has 1 N–H and O–H groups in total. The van der Waals surface area contributed by atoms with Crippen LogP contribution in [0.5, 0.6) is 0 Å². The van der Waals surface area contributed by atoms with Gasteiger partial charge in [0.2, 0.25) is 5.91 Å². The van der Waals surface area contributed by atoms with Gasteiger partial charge in [-0.25, -0.2) is 4.79 Å².